The van der Waals surface area contributed by atoms with Crippen LogP contribution in [-0.2, 0) is 6.54 Å². The Labute approximate surface area is 104 Å². The Hall–Kier alpha value is -1.09. The van der Waals surface area contributed by atoms with E-state index in [1.54, 1.807) is 0 Å². The van der Waals surface area contributed by atoms with Gasteiger partial charge in [-0.3, -0.25) is 4.90 Å². The predicted molar refractivity (Wildman–Crippen MR) is 72.1 cm³/mol. The minimum atomic E-state index is 0.797. The van der Waals surface area contributed by atoms with E-state index in [0.717, 1.165) is 24.9 Å². The SMILES string of the molecule is CCN(Cc1ccnc(NC)c1)C1CCCC1. The van der Waals surface area contributed by atoms with E-state index in [1.165, 1.54) is 31.2 Å². The van der Waals surface area contributed by atoms with Gasteiger partial charge in [-0.15, -0.1) is 0 Å². The molecule has 3 heteroatoms. The molecule has 1 heterocycles. The third kappa shape index (κ3) is 3.19. The van der Waals surface area contributed by atoms with Crippen LogP contribution in [0.4, 0.5) is 5.82 Å². The molecule has 1 saturated carbocycles. The van der Waals surface area contributed by atoms with Crippen LogP contribution < -0.4 is 5.32 Å². The summed E-state index contributed by atoms with van der Waals surface area (Å²) in [5.41, 5.74) is 1.36. The summed E-state index contributed by atoms with van der Waals surface area (Å²) in [5, 5.41) is 3.10. The maximum Gasteiger partial charge on any atom is 0.125 e. The zero-order valence-corrected chi connectivity index (χ0v) is 10.9. The fourth-order valence-corrected chi connectivity index (χ4v) is 2.71. The summed E-state index contributed by atoms with van der Waals surface area (Å²) in [7, 11) is 1.92. The molecule has 17 heavy (non-hydrogen) atoms. The van der Waals surface area contributed by atoms with Crippen molar-refractivity contribution in [2.45, 2.75) is 45.2 Å². The molecule has 0 radical (unpaired) electrons. The quantitative estimate of drug-likeness (QED) is 0.847. The highest BCUT2D eigenvalue weighted by Gasteiger charge is 2.21. The minimum absolute atomic E-state index is 0.797. The number of anilines is 1. The molecule has 3 nitrogen and oxygen atoms in total. The number of hydrogen-bond acceptors (Lipinski definition) is 3. The first kappa shape index (κ1) is 12.4. The summed E-state index contributed by atoms with van der Waals surface area (Å²) < 4.78 is 0. The lowest BCUT2D eigenvalue weighted by Crippen LogP contribution is -2.32. The summed E-state index contributed by atoms with van der Waals surface area (Å²) in [6.07, 6.45) is 7.44. The third-order valence-corrected chi connectivity index (χ3v) is 3.71. The first-order valence-electron chi connectivity index (χ1n) is 6.70. The lowest BCUT2D eigenvalue weighted by atomic mass is 10.1. The van der Waals surface area contributed by atoms with Crippen molar-refractivity contribution in [3.05, 3.63) is 23.9 Å². The van der Waals surface area contributed by atoms with Gasteiger partial charge >= 0.3 is 0 Å². The molecule has 0 aromatic carbocycles. The highest BCUT2D eigenvalue weighted by Crippen LogP contribution is 2.24. The Balaban J connectivity index is 2.01. The zero-order chi connectivity index (χ0) is 12.1. The van der Waals surface area contributed by atoms with Gasteiger partial charge in [0.2, 0.25) is 0 Å². The van der Waals surface area contributed by atoms with Crippen LogP contribution in [0.15, 0.2) is 18.3 Å². The highest BCUT2D eigenvalue weighted by molar-refractivity contribution is 5.36. The van der Waals surface area contributed by atoms with Gasteiger partial charge in [0.15, 0.2) is 0 Å². The molecule has 0 bridgehead atoms. The molecule has 0 unspecified atom stereocenters. The summed E-state index contributed by atoms with van der Waals surface area (Å²) in [6, 6.07) is 5.07. The van der Waals surface area contributed by atoms with E-state index in [9.17, 15) is 0 Å². The van der Waals surface area contributed by atoms with E-state index in [1.807, 2.05) is 13.2 Å². The van der Waals surface area contributed by atoms with Crippen LogP contribution in [0, 0.1) is 0 Å². The average molecular weight is 233 g/mol. The Morgan fingerprint density at radius 1 is 1.41 bits per heavy atom. The Morgan fingerprint density at radius 2 is 2.18 bits per heavy atom. The summed E-state index contributed by atoms with van der Waals surface area (Å²) in [4.78, 5) is 6.86. The van der Waals surface area contributed by atoms with E-state index < -0.39 is 0 Å². The normalized spacial score (nSPS) is 16.6. The van der Waals surface area contributed by atoms with E-state index in [2.05, 4.69) is 34.3 Å². The second kappa shape index (κ2) is 6.01. The van der Waals surface area contributed by atoms with Crippen molar-refractivity contribution in [3.8, 4) is 0 Å². The molecule has 0 spiro atoms. The minimum Gasteiger partial charge on any atom is -0.373 e. The van der Waals surface area contributed by atoms with Crippen molar-refractivity contribution in [3.63, 3.8) is 0 Å². The van der Waals surface area contributed by atoms with E-state index in [0.29, 0.717) is 0 Å². The molecule has 2 rings (SSSR count). The first-order chi connectivity index (χ1) is 8.33. The number of nitrogens with one attached hydrogen (secondary N) is 1. The van der Waals surface area contributed by atoms with Crippen molar-refractivity contribution >= 4 is 5.82 Å². The molecule has 1 aromatic rings. The summed E-state index contributed by atoms with van der Waals surface area (Å²) in [6.45, 7) is 4.46. The smallest absolute Gasteiger partial charge is 0.125 e. The molecule has 1 fully saturated rings. The largest absolute Gasteiger partial charge is 0.373 e. The standard InChI is InChI=1S/C14H23N3/c1-3-17(13-6-4-5-7-13)11-12-8-9-16-14(10-12)15-2/h8-10,13H,3-7,11H2,1-2H3,(H,15,16). The van der Waals surface area contributed by atoms with Crippen LogP contribution in [0.1, 0.15) is 38.2 Å². The topological polar surface area (TPSA) is 28.2 Å². The van der Waals surface area contributed by atoms with Crippen molar-refractivity contribution in [1.82, 2.24) is 9.88 Å². The van der Waals surface area contributed by atoms with Gasteiger partial charge in [0.25, 0.3) is 0 Å². The van der Waals surface area contributed by atoms with E-state index in [4.69, 9.17) is 0 Å². The lowest BCUT2D eigenvalue weighted by Gasteiger charge is -2.27. The van der Waals surface area contributed by atoms with Crippen LogP contribution in [0.2, 0.25) is 0 Å². The van der Waals surface area contributed by atoms with Crippen LogP contribution in [-0.4, -0.2) is 29.5 Å². The van der Waals surface area contributed by atoms with Gasteiger partial charge in [0.05, 0.1) is 0 Å². The summed E-state index contributed by atoms with van der Waals surface area (Å²) >= 11 is 0. The molecule has 1 aliphatic carbocycles. The van der Waals surface area contributed by atoms with Crippen molar-refractivity contribution < 1.29 is 0 Å². The molecule has 1 N–H and O–H groups in total. The zero-order valence-electron chi connectivity index (χ0n) is 10.9. The Kier molecular flexibility index (Phi) is 4.37. The van der Waals surface area contributed by atoms with Gasteiger partial charge in [-0.1, -0.05) is 19.8 Å². The molecule has 94 valence electrons. The average Bonchev–Trinajstić information content (AvgIpc) is 2.90. The predicted octanol–water partition coefficient (Wildman–Crippen LogP) is 2.89. The van der Waals surface area contributed by atoms with Crippen LogP contribution in [0.5, 0.6) is 0 Å². The number of pyridine rings is 1. The first-order valence-corrected chi connectivity index (χ1v) is 6.70. The number of hydrogen-bond donors (Lipinski definition) is 1. The van der Waals surface area contributed by atoms with Gasteiger partial charge < -0.3 is 5.32 Å². The Morgan fingerprint density at radius 3 is 2.82 bits per heavy atom. The Bertz CT molecular complexity index is 345. The highest BCUT2D eigenvalue weighted by atomic mass is 15.1. The lowest BCUT2D eigenvalue weighted by molar-refractivity contribution is 0.200. The molecule has 0 saturated heterocycles. The number of rotatable bonds is 5. The van der Waals surface area contributed by atoms with E-state index >= 15 is 0 Å². The monoisotopic (exact) mass is 233 g/mol. The van der Waals surface area contributed by atoms with Crippen molar-refractivity contribution in [2.75, 3.05) is 18.9 Å². The molecule has 0 atom stereocenters. The fraction of sp³-hybridized carbons (Fsp3) is 0.643. The number of aromatic nitrogens is 1. The molecular weight excluding hydrogens is 210 g/mol. The maximum atomic E-state index is 4.26. The van der Waals surface area contributed by atoms with Gasteiger partial charge in [0, 0.05) is 25.8 Å². The molecule has 1 aromatic heterocycles. The second-order valence-electron chi connectivity index (χ2n) is 4.80. The molecule has 1 aliphatic rings. The van der Waals surface area contributed by atoms with Crippen LogP contribution >= 0.6 is 0 Å². The van der Waals surface area contributed by atoms with Gasteiger partial charge in [-0.05, 0) is 37.1 Å². The van der Waals surface area contributed by atoms with E-state index in [-0.39, 0.29) is 0 Å². The summed E-state index contributed by atoms with van der Waals surface area (Å²) in [5.74, 6) is 0.963. The third-order valence-electron chi connectivity index (χ3n) is 3.71. The molecule has 0 amide bonds. The van der Waals surface area contributed by atoms with Crippen molar-refractivity contribution in [2.24, 2.45) is 0 Å². The van der Waals surface area contributed by atoms with Gasteiger partial charge in [0.1, 0.15) is 5.82 Å². The van der Waals surface area contributed by atoms with Crippen LogP contribution in [0.3, 0.4) is 0 Å². The van der Waals surface area contributed by atoms with Crippen molar-refractivity contribution in [1.29, 1.82) is 0 Å². The molecular formula is C14H23N3. The second-order valence-corrected chi connectivity index (χ2v) is 4.80. The number of nitrogens with zero attached hydrogens (tertiary/aromatic N) is 2. The molecule has 0 aliphatic heterocycles. The van der Waals surface area contributed by atoms with Gasteiger partial charge in [-0.25, -0.2) is 4.98 Å². The fourth-order valence-electron chi connectivity index (χ4n) is 2.71. The van der Waals surface area contributed by atoms with Crippen LogP contribution in [0.25, 0.3) is 0 Å². The van der Waals surface area contributed by atoms with Gasteiger partial charge in [-0.2, -0.15) is 0 Å². The maximum absolute atomic E-state index is 4.26.